The van der Waals surface area contributed by atoms with Crippen molar-refractivity contribution in [1.82, 2.24) is 15.2 Å². The maximum absolute atomic E-state index is 12.8. The maximum Gasteiger partial charge on any atom is 0.272 e. The van der Waals surface area contributed by atoms with Gasteiger partial charge in [-0.3, -0.25) is 9.59 Å². The van der Waals surface area contributed by atoms with Crippen LogP contribution < -0.4 is 15.0 Å². The number of pyridine rings is 1. The maximum atomic E-state index is 12.8. The molecule has 0 unspecified atom stereocenters. The third-order valence-corrected chi connectivity index (χ3v) is 5.12. The molecular weight excluding hydrogens is 356 g/mol. The van der Waals surface area contributed by atoms with Crippen LogP contribution in [0.25, 0.3) is 0 Å². The first-order valence-electron chi connectivity index (χ1n) is 9.60. The Kier molecular flexibility index (Phi) is 5.14. The van der Waals surface area contributed by atoms with Gasteiger partial charge in [0.15, 0.2) is 0 Å². The summed E-state index contributed by atoms with van der Waals surface area (Å²) in [6.07, 6.45) is 2.03. The van der Waals surface area contributed by atoms with E-state index < -0.39 is 0 Å². The molecule has 4 rings (SSSR count). The van der Waals surface area contributed by atoms with Crippen molar-refractivity contribution in [1.29, 1.82) is 0 Å². The van der Waals surface area contributed by atoms with Gasteiger partial charge in [0, 0.05) is 37.9 Å². The van der Waals surface area contributed by atoms with E-state index >= 15 is 0 Å². The molecule has 146 valence electrons. The quantitative estimate of drug-likeness (QED) is 0.858. The molecule has 1 N–H and O–H groups in total. The van der Waals surface area contributed by atoms with E-state index in [9.17, 15) is 9.59 Å². The van der Waals surface area contributed by atoms with Gasteiger partial charge in [0.1, 0.15) is 17.1 Å². The molecule has 7 nitrogen and oxygen atoms in total. The zero-order valence-electron chi connectivity index (χ0n) is 15.9. The van der Waals surface area contributed by atoms with E-state index in [0.717, 1.165) is 37.4 Å². The third kappa shape index (κ3) is 4.08. The summed E-state index contributed by atoms with van der Waals surface area (Å²) in [4.78, 5) is 33.3. The first-order chi connectivity index (χ1) is 13.6. The number of nitrogens with zero attached hydrogens (tertiary/aromatic N) is 3. The fraction of sp³-hybridized carbons (Fsp3) is 0.381. The van der Waals surface area contributed by atoms with Crippen LogP contribution in [0.1, 0.15) is 33.8 Å². The minimum absolute atomic E-state index is 0.129. The molecule has 1 aliphatic carbocycles. The van der Waals surface area contributed by atoms with E-state index in [2.05, 4.69) is 15.2 Å². The van der Waals surface area contributed by atoms with Crippen LogP contribution >= 0.6 is 0 Å². The van der Waals surface area contributed by atoms with Gasteiger partial charge in [-0.05, 0) is 49.2 Å². The van der Waals surface area contributed by atoms with Crippen molar-refractivity contribution in [3.05, 3.63) is 53.9 Å². The Morgan fingerprint density at radius 3 is 2.32 bits per heavy atom. The second-order valence-electron chi connectivity index (χ2n) is 7.13. The first-order valence-corrected chi connectivity index (χ1v) is 9.60. The summed E-state index contributed by atoms with van der Waals surface area (Å²) in [5.41, 5.74) is 1.74. The van der Waals surface area contributed by atoms with E-state index in [1.165, 1.54) is 0 Å². The molecule has 2 aliphatic rings. The van der Waals surface area contributed by atoms with Crippen LogP contribution in [0.15, 0.2) is 42.5 Å². The average Bonchev–Trinajstić information content (AvgIpc) is 3.57. The highest BCUT2D eigenvalue weighted by Gasteiger charge is 2.26. The molecule has 2 amide bonds. The predicted molar refractivity (Wildman–Crippen MR) is 106 cm³/mol. The minimum Gasteiger partial charge on any atom is -0.497 e. The number of carbonyl (C=O) groups excluding carboxylic acids is 2. The van der Waals surface area contributed by atoms with Crippen LogP contribution in [0.3, 0.4) is 0 Å². The Morgan fingerprint density at radius 1 is 1.00 bits per heavy atom. The minimum atomic E-state index is -0.207. The van der Waals surface area contributed by atoms with Gasteiger partial charge in [0.05, 0.1) is 7.11 Å². The van der Waals surface area contributed by atoms with E-state index in [4.69, 9.17) is 4.74 Å². The molecule has 7 heteroatoms. The predicted octanol–water partition coefficient (Wildman–Crippen LogP) is 1.94. The topological polar surface area (TPSA) is 74.8 Å². The number of hydrogen-bond donors (Lipinski definition) is 1. The lowest BCUT2D eigenvalue weighted by atomic mass is 10.2. The SMILES string of the molecule is COc1ccc(N2CCN(C(=O)c3cccc(C(=O)NC4CC4)n3)CC2)cc1. The number of anilines is 1. The molecule has 1 aromatic heterocycles. The molecule has 2 heterocycles. The Hall–Kier alpha value is -3.09. The van der Waals surface area contributed by atoms with Gasteiger partial charge in [-0.1, -0.05) is 6.07 Å². The number of aromatic nitrogens is 1. The van der Waals surface area contributed by atoms with Gasteiger partial charge >= 0.3 is 0 Å². The fourth-order valence-corrected chi connectivity index (χ4v) is 3.29. The smallest absolute Gasteiger partial charge is 0.272 e. The molecule has 28 heavy (non-hydrogen) atoms. The van der Waals surface area contributed by atoms with Crippen LogP contribution in [-0.2, 0) is 0 Å². The number of rotatable bonds is 5. The number of benzene rings is 1. The standard InChI is InChI=1S/C21H24N4O3/c1-28-17-9-7-16(8-10-17)24-11-13-25(14-12-24)21(27)19-4-2-3-18(23-19)20(26)22-15-5-6-15/h2-4,7-10,15H,5-6,11-14H2,1H3,(H,22,26). The molecule has 1 saturated heterocycles. The highest BCUT2D eigenvalue weighted by Crippen LogP contribution is 2.21. The Bertz CT molecular complexity index is 856. The van der Waals surface area contributed by atoms with E-state index in [-0.39, 0.29) is 17.9 Å². The van der Waals surface area contributed by atoms with E-state index in [0.29, 0.717) is 24.5 Å². The number of nitrogens with one attached hydrogen (secondary N) is 1. The average molecular weight is 380 g/mol. The normalized spacial score (nSPS) is 16.6. The molecule has 0 radical (unpaired) electrons. The molecule has 2 fully saturated rings. The highest BCUT2D eigenvalue weighted by molar-refractivity contribution is 5.96. The Balaban J connectivity index is 1.37. The highest BCUT2D eigenvalue weighted by atomic mass is 16.5. The number of amides is 2. The van der Waals surface area contributed by atoms with Crippen LogP contribution in [0.5, 0.6) is 5.75 Å². The van der Waals surface area contributed by atoms with Crippen molar-refractivity contribution in [3.63, 3.8) is 0 Å². The second-order valence-corrected chi connectivity index (χ2v) is 7.13. The number of ether oxygens (including phenoxy) is 1. The van der Waals surface area contributed by atoms with Crippen molar-refractivity contribution in [2.24, 2.45) is 0 Å². The summed E-state index contributed by atoms with van der Waals surface area (Å²) in [7, 11) is 1.65. The summed E-state index contributed by atoms with van der Waals surface area (Å²) in [5, 5.41) is 2.91. The summed E-state index contributed by atoms with van der Waals surface area (Å²) in [6.45, 7) is 2.73. The number of carbonyl (C=O) groups is 2. The summed E-state index contributed by atoms with van der Waals surface area (Å²) < 4.78 is 5.20. The second kappa shape index (κ2) is 7.88. The lowest BCUT2D eigenvalue weighted by Crippen LogP contribution is -2.49. The summed E-state index contributed by atoms with van der Waals surface area (Å²) in [5.74, 6) is 0.492. The van der Waals surface area contributed by atoms with Crippen LogP contribution in [0, 0.1) is 0 Å². The molecule has 0 spiro atoms. The van der Waals surface area contributed by atoms with Crippen molar-refractivity contribution >= 4 is 17.5 Å². The lowest BCUT2D eigenvalue weighted by molar-refractivity contribution is 0.0740. The van der Waals surface area contributed by atoms with Gasteiger partial charge in [-0.15, -0.1) is 0 Å². The van der Waals surface area contributed by atoms with Crippen LogP contribution in [-0.4, -0.2) is 61.0 Å². The van der Waals surface area contributed by atoms with Crippen LogP contribution in [0.2, 0.25) is 0 Å². The van der Waals surface area contributed by atoms with E-state index in [1.54, 1.807) is 30.2 Å². The molecule has 1 aliphatic heterocycles. The Morgan fingerprint density at radius 2 is 1.68 bits per heavy atom. The zero-order valence-corrected chi connectivity index (χ0v) is 15.9. The monoisotopic (exact) mass is 380 g/mol. The van der Waals surface area contributed by atoms with Gasteiger partial charge < -0.3 is 19.9 Å². The number of piperazine rings is 1. The zero-order chi connectivity index (χ0) is 19.5. The van der Waals surface area contributed by atoms with E-state index in [1.807, 2.05) is 24.3 Å². The first kappa shape index (κ1) is 18.3. The van der Waals surface area contributed by atoms with Crippen molar-refractivity contribution in [3.8, 4) is 5.75 Å². The Labute approximate surface area is 164 Å². The fourth-order valence-electron chi connectivity index (χ4n) is 3.29. The lowest BCUT2D eigenvalue weighted by Gasteiger charge is -2.36. The van der Waals surface area contributed by atoms with Gasteiger partial charge in [0.2, 0.25) is 0 Å². The molecule has 1 aromatic carbocycles. The molecule has 2 aromatic rings. The largest absolute Gasteiger partial charge is 0.497 e. The van der Waals surface area contributed by atoms with Gasteiger partial charge in [-0.25, -0.2) is 4.98 Å². The third-order valence-electron chi connectivity index (χ3n) is 5.12. The summed E-state index contributed by atoms with van der Waals surface area (Å²) in [6, 6.07) is 13.2. The molecule has 0 atom stereocenters. The molecule has 0 bridgehead atoms. The van der Waals surface area contributed by atoms with Crippen LogP contribution in [0.4, 0.5) is 5.69 Å². The van der Waals surface area contributed by atoms with Crippen molar-refractivity contribution in [2.75, 3.05) is 38.2 Å². The van der Waals surface area contributed by atoms with Crippen molar-refractivity contribution in [2.45, 2.75) is 18.9 Å². The van der Waals surface area contributed by atoms with Gasteiger partial charge in [0.25, 0.3) is 11.8 Å². The molecular formula is C21H24N4O3. The summed E-state index contributed by atoms with van der Waals surface area (Å²) >= 11 is 0. The van der Waals surface area contributed by atoms with Crippen molar-refractivity contribution < 1.29 is 14.3 Å². The number of hydrogen-bond acceptors (Lipinski definition) is 5. The molecule has 1 saturated carbocycles. The number of methoxy groups -OCH3 is 1. The van der Waals surface area contributed by atoms with Gasteiger partial charge in [-0.2, -0.15) is 0 Å².